The number of amides is 2. The molecule has 6 nitrogen and oxygen atoms in total. The monoisotopic (exact) mass is 347 g/mol. The van der Waals surface area contributed by atoms with E-state index in [1.165, 1.54) is 12.8 Å². The molecule has 1 heterocycles. The average molecular weight is 347 g/mol. The van der Waals surface area contributed by atoms with Gasteiger partial charge in [-0.2, -0.15) is 0 Å². The Labute approximate surface area is 149 Å². The van der Waals surface area contributed by atoms with Crippen LogP contribution in [0.2, 0.25) is 0 Å². The predicted molar refractivity (Wildman–Crippen MR) is 97.2 cm³/mol. The Hall–Kier alpha value is -2.08. The van der Waals surface area contributed by atoms with Gasteiger partial charge in [0.05, 0.1) is 13.2 Å². The third-order valence-electron chi connectivity index (χ3n) is 4.65. The van der Waals surface area contributed by atoms with Gasteiger partial charge in [0.1, 0.15) is 5.75 Å². The van der Waals surface area contributed by atoms with Gasteiger partial charge in [0.15, 0.2) is 0 Å². The molecule has 1 aliphatic rings. The second-order valence-electron chi connectivity index (χ2n) is 6.48. The molecule has 0 saturated carbocycles. The maximum Gasteiger partial charge on any atom is 0.220 e. The Morgan fingerprint density at radius 2 is 1.88 bits per heavy atom. The number of para-hydroxylation sites is 1. The van der Waals surface area contributed by atoms with Crippen LogP contribution in [0.5, 0.6) is 5.75 Å². The number of carbonyl (C=O) groups excluding carboxylic acids is 2. The molecular formula is C19H29N3O3. The number of rotatable bonds is 10. The number of hydrogen-bond acceptors (Lipinski definition) is 4. The first-order chi connectivity index (χ1) is 12.1. The standard InChI is InChI=1S/C19H29N3O3/c1-25-17-9-3-2-8-15(17)16(22-12-6-7-13-22)14-21-19(24)11-5-4-10-18(20)23/h2-3,8-9,16H,4-7,10-14H2,1H3,(H2,20,23)(H,21,24)/t16-/m1/s1. The van der Waals surface area contributed by atoms with Gasteiger partial charge in [-0.05, 0) is 44.8 Å². The van der Waals surface area contributed by atoms with E-state index < -0.39 is 0 Å². The number of benzene rings is 1. The number of hydrogen-bond donors (Lipinski definition) is 2. The van der Waals surface area contributed by atoms with Crippen molar-refractivity contribution in [3.05, 3.63) is 29.8 Å². The number of nitrogens with zero attached hydrogens (tertiary/aromatic N) is 1. The lowest BCUT2D eigenvalue weighted by Crippen LogP contribution is -2.37. The van der Waals surface area contributed by atoms with Crippen molar-refractivity contribution < 1.29 is 14.3 Å². The predicted octanol–water partition coefficient (Wildman–Crippen LogP) is 1.99. The molecule has 1 aromatic carbocycles. The zero-order valence-electron chi connectivity index (χ0n) is 15.0. The zero-order valence-corrected chi connectivity index (χ0v) is 15.0. The summed E-state index contributed by atoms with van der Waals surface area (Å²) in [6.07, 6.45) is 4.47. The van der Waals surface area contributed by atoms with E-state index in [1.54, 1.807) is 7.11 Å². The van der Waals surface area contributed by atoms with Crippen molar-refractivity contribution in [2.45, 2.75) is 44.6 Å². The minimum atomic E-state index is -0.314. The van der Waals surface area contributed by atoms with E-state index in [1.807, 2.05) is 18.2 Å². The molecule has 2 amide bonds. The summed E-state index contributed by atoms with van der Waals surface area (Å²) < 4.78 is 5.51. The van der Waals surface area contributed by atoms with E-state index >= 15 is 0 Å². The van der Waals surface area contributed by atoms with Crippen molar-refractivity contribution in [3.8, 4) is 5.75 Å². The first-order valence-electron chi connectivity index (χ1n) is 9.03. The van der Waals surface area contributed by atoms with Crippen LogP contribution in [0.1, 0.15) is 50.1 Å². The van der Waals surface area contributed by atoms with Gasteiger partial charge in [-0.25, -0.2) is 0 Å². The molecule has 2 rings (SSSR count). The highest BCUT2D eigenvalue weighted by Crippen LogP contribution is 2.31. The molecule has 0 radical (unpaired) electrons. The number of ether oxygens (including phenoxy) is 1. The van der Waals surface area contributed by atoms with Gasteiger partial charge in [0.2, 0.25) is 11.8 Å². The molecule has 25 heavy (non-hydrogen) atoms. The topological polar surface area (TPSA) is 84.7 Å². The Morgan fingerprint density at radius 3 is 2.56 bits per heavy atom. The summed E-state index contributed by atoms with van der Waals surface area (Å²) in [4.78, 5) is 25.3. The molecule has 1 fully saturated rings. The molecular weight excluding hydrogens is 318 g/mol. The highest BCUT2D eigenvalue weighted by Gasteiger charge is 2.26. The second kappa shape index (κ2) is 10.0. The van der Waals surface area contributed by atoms with Gasteiger partial charge in [-0.1, -0.05) is 18.2 Å². The van der Waals surface area contributed by atoms with Crippen molar-refractivity contribution in [2.75, 3.05) is 26.7 Å². The van der Waals surface area contributed by atoms with Crippen LogP contribution in [0.15, 0.2) is 24.3 Å². The first kappa shape index (κ1) is 19.2. The van der Waals surface area contributed by atoms with Crippen LogP contribution in [0.4, 0.5) is 0 Å². The molecule has 6 heteroatoms. The normalized spacial score (nSPS) is 15.7. The van der Waals surface area contributed by atoms with Crippen LogP contribution >= 0.6 is 0 Å². The molecule has 0 bridgehead atoms. The molecule has 1 aromatic rings. The molecule has 0 unspecified atom stereocenters. The largest absolute Gasteiger partial charge is 0.496 e. The molecule has 0 spiro atoms. The summed E-state index contributed by atoms with van der Waals surface area (Å²) in [5.41, 5.74) is 6.22. The third kappa shape index (κ3) is 6.05. The van der Waals surface area contributed by atoms with E-state index in [2.05, 4.69) is 16.3 Å². The quantitative estimate of drug-likeness (QED) is 0.634. The van der Waals surface area contributed by atoms with Crippen LogP contribution < -0.4 is 15.8 Å². The van der Waals surface area contributed by atoms with Crippen molar-refractivity contribution in [1.29, 1.82) is 0 Å². The van der Waals surface area contributed by atoms with Crippen LogP contribution in [-0.4, -0.2) is 43.5 Å². The molecule has 1 atom stereocenters. The summed E-state index contributed by atoms with van der Waals surface area (Å²) in [5, 5.41) is 3.05. The Kier molecular flexibility index (Phi) is 7.73. The fourth-order valence-corrected chi connectivity index (χ4v) is 3.31. The molecule has 3 N–H and O–H groups in total. The molecule has 1 aliphatic heterocycles. The van der Waals surface area contributed by atoms with Crippen molar-refractivity contribution in [3.63, 3.8) is 0 Å². The molecule has 0 aliphatic carbocycles. The minimum Gasteiger partial charge on any atom is -0.496 e. The number of unbranched alkanes of at least 4 members (excludes halogenated alkanes) is 1. The van der Waals surface area contributed by atoms with Crippen LogP contribution in [0.25, 0.3) is 0 Å². The fourth-order valence-electron chi connectivity index (χ4n) is 3.31. The van der Waals surface area contributed by atoms with Gasteiger partial charge in [0, 0.05) is 24.9 Å². The minimum absolute atomic E-state index is 0.0172. The van der Waals surface area contributed by atoms with Gasteiger partial charge >= 0.3 is 0 Å². The Balaban J connectivity index is 1.93. The van der Waals surface area contributed by atoms with E-state index in [9.17, 15) is 9.59 Å². The maximum atomic E-state index is 12.1. The average Bonchev–Trinajstić information content (AvgIpc) is 3.13. The van der Waals surface area contributed by atoms with E-state index in [4.69, 9.17) is 10.5 Å². The fraction of sp³-hybridized carbons (Fsp3) is 0.579. The number of nitrogens with two attached hydrogens (primary N) is 1. The summed E-state index contributed by atoms with van der Waals surface area (Å²) in [6, 6.07) is 8.12. The lowest BCUT2D eigenvalue weighted by Gasteiger charge is -2.29. The van der Waals surface area contributed by atoms with Gasteiger partial charge in [-0.15, -0.1) is 0 Å². The molecule has 0 aromatic heterocycles. The van der Waals surface area contributed by atoms with Crippen LogP contribution in [-0.2, 0) is 9.59 Å². The summed E-state index contributed by atoms with van der Waals surface area (Å²) in [6.45, 7) is 2.64. The SMILES string of the molecule is COc1ccccc1[C@@H](CNC(=O)CCCCC(N)=O)N1CCCC1. The van der Waals surface area contributed by atoms with Crippen molar-refractivity contribution >= 4 is 11.8 Å². The number of likely N-dealkylation sites (tertiary alicyclic amines) is 1. The van der Waals surface area contributed by atoms with E-state index in [0.717, 1.165) is 24.4 Å². The lowest BCUT2D eigenvalue weighted by molar-refractivity contribution is -0.122. The number of carbonyl (C=O) groups is 2. The number of nitrogens with one attached hydrogen (secondary N) is 1. The highest BCUT2D eigenvalue weighted by molar-refractivity contribution is 5.76. The van der Waals surface area contributed by atoms with Gasteiger partial charge in [-0.3, -0.25) is 14.5 Å². The summed E-state index contributed by atoms with van der Waals surface area (Å²) >= 11 is 0. The van der Waals surface area contributed by atoms with E-state index in [-0.39, 0.29) is 17.9 Å². The summed E-state index contributed by atoms with van der Waals surface area (Å²) in [5.74, 6) is 0.560. The van der Waals surface area contributed by atoms with Gasteiger partial charge < -0.3 is 15.8 Å². The Bertz CT molecular complexity index is 571. The summed E-state index contributed by atoms with van der Waals surface area (Å²) in [7, 11) is 1.68. The molecule has 1 saturated heterocycles. The smallest absolute Gasteiger partial charge is 0.220 e. The number of primary amides is 1. The van der Waals surface area contributed by atoms with Crippen LogP contribution in [0.3, 0.4) is 0 Å². The lowest BCUT2D eigenvalue weighted by atomic mass is 10.0. The van der Waals surface area contributed by atoms with Crippen LogP contribution in [0, 0.1) is 0 Å². The zero-order chi connectivity index (χ0) is 18.1. The van der Waals surface area contributed by atoms with Crippen molar-refractivity contribution in [1.82, 2.24) is 10.2 Å². The highest BCUT2D eigenvalue weighted by atomic mass is 16.5. The van der Waals surface area contributed by atoms with Gasteiger partial charge in [0.25, 0.3) is 0 Å². The maximum absolute atomic E-state index is 12.1. The first-order valence-corrected chi connectivity index (χ1v) is 9.03. The number of methoxy groups -OCH3 is 1. The Morgan fingerprint density at radius 1 is 1.20 bits per heavy atom. The van der Waals surface area contributed by atoms with E-state index in [0.29, 0.717) is 32.2 Å². The third-order valence-corrected chi connectivity index (χ3v) is 4.65. The second-order valence-corrected chi connectivity index (χ2v) is 6.48. The van der Waals surface area contributed by atoms with Crippen molar-refractivity contribution in [2.24, 2.45) is 5.73 Å². The molecule has 138 valence electrons.